The van der Waals surface area contributed by atoms with Crippen LogP contribution in [0.5, 0.6) is 0 Å². The number of hydrogen-bond acceptors (Lipinski definition) is 7. The molecule has 8 nitrogen and oxygen atoms in total. The summed E-state index contributed by atoms with van der Waals surface area (Å²) in [6.45, 7) is 4.42. The fourth-order valence-electron chi connectivity index (χ4n) is 6.27. The molecule has 0 saturated heterocycles. The first-order valence-electron chi connectivity index (χ1n) is 23.4. The first-order chi connectivity index (χ1) is 29.1. The Morgan fingerprint density at radius 1 is 0.517 bits per heavy atom. The summed E-state index contributed by atoms with van der Waals surface area (Å²) in [4.78, 5) is 36.9. The largest absolute Gasteiger partial charge is 0.544 e. The molecule has 0 aliphatic carbocycles. The van der Waals surface area contributed by atoms with Crippen molar-refractivity contribution in [2.75, 3.05) is 41.0 Å². The summed E-state index contributed by atoms with van der Waals surface area (Å²) in [5.74, 6) is -1.81. The minimum absolute atomic E-state index is 0.0186. The van der Waals surface area contributed by atoms with Crippen molar-refractivity contribution >= 4 is 17.9 Å². The summed E-state index contributed by atoms with van der Waals surface area (Å²) in [5.41, 5.74) is 0. The Bertz CT molecular complexity index is 1300. The van der Waals surface area contributed by atoms with E-state index in [0.717, 1.165) is 51.4 Å². The third kappa shape index (κ3) is 39.7. The van der Waals surface area contributed by atoms with Gasteiger partial charge in [0.2, 0.25) is 0 Å². The average Bonchev–Trinajstić information content (AvgIpc) is 3.21. The molecule has 0 rings (SSSR count). The number of esters is 2. The number of hydrogen-bond donors (Lipinski definition) is 0. The van der Waals surface area contributed by atoms with E-state index < -0.39 is 18.1 Å². The van der Waals surface area contributed by atoms with Crippen molar-refractivity contribution in [1.29, 1.82) is 0 Å². The Morgan fingerprint density at radius 3 is 1.42 bits per heavy atom. The maximum absolute atomic E-state index is 12.8. The molecule has 0 aromatic heterocycles. The molecular formula is C52H85NO7. The number of quaternary nitrogens is 1. The summed E-state index contributed by atoms with van der Waals surface area (Å²) in [6.07, 6.45) is 55.7. The summed E-state index contributed by atoms with van der Waals surface area (Å²) < 4.78 is 17.1. The zero-order chi connectivity index (χ0) is 44.2. The second-order valence-electron chi connectivity index (χ2n) is 16.4. The molecule has 340 valence electrons. The molecule has 2 unspecified atom stereocenters. The molecular weight excluding hydrogens is 751 g/mol. The van der Waals surface area contributed by atoms with Crippen molar-refractivity contribution in [1.82, 2.24) is 0 Å². The van der Waals surface area contributed by atoms with E-state index >= 15 is 0 Å². The van der Waals surface area contributed by atoms with Crippen LogP contribution in [0.2, 0.25) is 0 Å². The molecule has 0 heterocycles. The lowest BCUT2D eigenvalue weighted by molar-refractivity contribution is -0.889. The van der Waals surface area contributed by atoms with Crippen molar-refractivity contribution in [3.05, 3.63) is 97.2 Å². The number of carboxylic acids is 1. The van der Waals surface area contributed by atoms with E-state index in [0.29, 0.717) is 19.3 Å². The molecule has 0 spiro atoms. The van der Waals surface area contributed by atoms with Gasteiger partial charge in [-0.1, -0.05) is 182 Å². The molecule has 0 fully saturated rings. The molecule has 0 saturated carbocycles. The van der Waals surface area contributed by atoms with E-state index in [4.69, 9.17) is 14.2 Å². The van der Waals surface area contributed by atoms with Gasteiger partial charge in [-0.25, -0.2) is 0 Å². The smallest absolute Gasteiger partial charge is 0.306 e. The Labute approximate surface area is 366 Å². The lowest BCUT2D eigenvalue weighted by atomic mass is 10.1. The van der Waals surface area contributed by atoms with E-state index in [9.17, 15) is 19.5 Å². The standard InChI is InChI=1S/C52H85NO7/c1-6-8-10-12-14-16-18-20-22-24-25-27-29-31-33-35-37-39-41-43-51(55)60-48(46-58-45-44-49(52(56)57)53(3,4)5)47-59-50(54)42-40-38-36-34-32-30-28-26-23-21-19-17-15-13-11-9-7-2/h9,11,13-21,23,26,28,30,32,48-49H,6-8,10,12,22,24-25,27,29,31,33-47H2,1-5H3/b11-9+,15-13+,16-14+,19-17+,20-18+,23-21+,28-26+,32-30+. The summed E-state index contributed by atoms with van der Waals surface area (Å²) in [5, 5.41) is 11.6. The predicted octanol–water partition coefficient (Wildman–Crippen LogP) is 11.7. The zero-order valence-corrected chi connectivity index (χ0v) is 38.6. The number of unbranched alkanes of at least 4 members (excludes halogenated alkanes) is 16. The van der Waals surface area contributed by atoms with Crippen molar-refractivity contribution in [2.24, 2.45) is 0 Å². The zero-order valence-electron chi connectivity index (χ0n) is 38.6. The normalized spacial score (nSPS) is 13.8. The monoisotopic (exact) mass is 836 g/mol. The summed E-state index contributed by atoms with van der Waals surface area (Å²) >= 11 is 0. The quantitative estimate of drug-likeness (QED) is 0.0262. The molecule has 0 radical (unpaired) electrons. The molecule has 8 heteroatoms. The third-order valence-corrected chi connectivity index (χ3v) is 9.89. The van der Waals surface area contributed by atoms with Gasteiger partial charge in [0.15, 0.2) is 6.10 Å². The maximum atomic E-state index is 12.8. The second kappa shape index (κ2) is 42.0. The van der Waals surface area contributed by atoms with Gasteiger partial charge in [0.05, 0.1) is 40.3 Å². The lowest BCUT2D eigenvalue weighted by Gasteiger charge is -2.34. The Balaban J connectivity index is 4.41. The number of ether oxygens (including phenoxy) is 3. The van der Waals surface area contributed by atoms with Gasteiger partial charge in [-0.15, -0.1) is 0 Å². The highest BCUT2D eigenvalue weighted by Crippen LogP contribution is 2.14. The highest BCUT2D eigenvalue weighted by atomic mass is 16.6. The number of aliphatic carboxylic acids is 1. The highest BCUT2D eigenvalue weighted by molar-refractivity contribution is 5.70. The van der Waals surface area contributed by atoms with Gasteiger partial charge in [-0.05, 0) is 57.8 Å². The van der Waals surface area contributed by atoms with Crippen molar-refractivity contribution in [3.63, 3.8) is 0 Å². The lowest BCUT2D eigenvalue weighted by Crippen LogP contribution is -2.55. The first kappa shape index (κ1) is 56.2. The molecule has 0 amide bonds. The van der Waals surface area contributed by atoms with Crippen LogP contribution in [0.3, 0.4) is 0 Å². The number of carbonyl (C=O) groups excluding carboxylic acids is 3. The molecule has 60 heavy (non-hydrogen) atoms. The van der Waals surface area contributed by atoms with Gasteiger partial charge < -0.3 is 28.6 Å². The van der Waals surface area contributed by atoms with Gasteiger partial charge in [0.1, 0.15) is 12.6 Å². The van der Waals surface area contributed by atoms with E-state index in [1.165, 1.54) is 70.6 Å². The average molecular weight is 836 g/mol. The molecule has 0 aliphatic rings. The van der Waals surface area contributed by atoms with E-state index in [2.05, 4.69) is 50.3 Å². The number of rotatable bonds is 40. The van der Waals surface area contributed by atoms with Crippen LogP contribution in [-0.4, -0.2) is 75.5 Å². The van der Waals surface area contributed by atoms with Crippen LogP contribution >= 0.6 is 0 Å². The van der Waals surface area contributed by atoms with E-state index in [-0.39, 0.29) is 42.7 Å². The van der Waals surface area contributed by atoms with Crippen molar-refractivity contribution in [2.45, 2.75) is 174 Å². The predicted molar refractivity (Wildman–Crippen MR) is 249 cm³/mol. The molecule has 2 atom stereocenters. The van der Waals surface area contributed by atoms with Crippen LogP contribution < -0.4 is 5.11 Å². The number of allylic oxidation sites excluding steroid dienone is 16. The molecule has 0 aliphatic heterocycles. The summed E-state index contributed by atoms with van der Waals surface area (Å²) in [7, 11) is 5.38. The number of likely N-dealkylation sites (N-methyl/N-ethyl adjacent to an activating group) is 1. The fourth-order valence-corrected chi connectivity index (χ4v) is 6.27. The van der Waals surface area contributed by atoms with Crippen molar-refractivity contribution in [3.8, 4) is 0 Å². The summed E-state index contributed by atoms with van der Waals surface area (Å²) in [6, 6.07) is -0.739. The van der Waals surface area contributed by atoms with Gasteiger partial charge in [0, 0.05) is 19.3 Å². The second-order valence-corrected chi connectivity index (χ2v) is 16.4. The Kier molecular flexibility index (Phi) is 39.3. The molecule has 0 N–H and O–H groups in total. The number of carbonyl (C=O) groups is 3. The van der Waals surface area contributed by atoms with E-state index in [1.54, 1.807) is 21.1 Å². The minimum Gasteiger partial charge on any atom is -0.544 e. The SMILES string of the molecule is CC/C=C/C=C/C=C/C=C/C=C/C=C/CCCCCC(=O)OCC(COCCC(C(=O)[O-])[N+](C)(C)C)OC(=O)CCCCCCCCCCCC/C=C/C=C/CCCCC. The topological polar surface area (TPSA) is 102 Å². The van der Waals surface area contributed by atoms with Gasteiger partial charge in [-0.3, -0.25) is 9.59 Å². The van der Waals surface area contributed by atoms with Crippen LogP contribution in [0.4, 0.5) is 0 Å². The van der Waals surface area contributed by atoms with Crippen molar-refractivity contribution < 1.29 is 38.2 Å². The molecule has 0 aromatic carbocycles. The molecule has 0 bridgehead atoms. The van der Waals surface area contributed by atoms with Gasteiger partial charge >= 0.3 is 11.9 Å². The molecule has 0 aromatic rings. The van der Waals surface area contributed by atoms with E-state index in [1.807, 2.05) is 60.8 Å². The fraction of sp³-hybridized carbons (Fsp3) is 0.635. The maximum Gasteiger partial charge on any atom is 0.306 e. The van der Waals surface area contributed by atoms with Crippen LogP contribution in [0.15, 0.2) is 97.2 Å². The van der Waals surface area contributed by atoms with Gasteiger partial charge in [0.25, 0.3) is 0 Å². The van der Waals surface area contributed by atoms with Crippen LogP contribution in [-0.2, 0) is 28.6 Å². The van der Waals surface area contributed by atoms with Crippen LogP contribution in [0.1, 0.15) is 162 Å². The Hall–Kier alpha value is -3.75. The van der Waals surface area contributed by atoms with Crippen LogP contribution in [0, 0.1) is 0 Å². The number of carboxylic acid groups (broad SMARTS) is 1. The Morgan fingerprint density at radius 2 is 0.933 bits per heavy atom. The first-order valence-corrected chi connectivity index (χ1v) is 23.4. The highest BCUT2D eigenvalue weighted by Gasteiger charge is 2.25. The number of nitrogens with zero attached hydrogens (tertiary/aromatic N) is 1. The minimum atomic E-state index is -1.14. The van der Waals surface area contributed by atoms with Crippen LogP contribution in [0.25, 0.3) is 0 Å². The van der Waals surface area contributed by atoms with Gasteiger partial charge in [-0.2, -0.15) is 0 Å². The third-order valence-electron chi connectivity index (χ3n) is 9.89.